The molecular weight excluding hydrogens is 326 g/mol. The summed E-state index contributed by atoms with van der Waals surface area (Å²) in [5.74, 6) is 1.01. The second-order valence-corrected chi connectivity index (χ2v) is 8.54. The predicted molar refractivity (Wildman–Crippen MR) is 95.6 cm³/mol. The molecule has 0 aliphatic carbocycles. The van der Waals surface area contributed by atoms with Crippen molar-refractivity contribution in [1.82, 2.24) is 9.88 Å². The molecule has 0 saturated carbocycles. The van der Waals surface area contributed by atoms with Crippen LogP contribution in [0.2, 0.25) is 0 Å². The standard InChI is InChI=1S/C17H29N3O3S/c1-11(2)15-6-18-17(24-15)20-5-3-4-12(8-20)7-19-9-13(21)16(23)14(22)10-19/h6,11-14,16,21-23H,3-5,7-10H2,1-2H3/t12-,13-,14+,16+/m1/s1. The Morgan fingerprint density at radius 3 is 2.54 bits per heavy atom. The Balaban J connectivity index is 1.57. The Labute approximate surface area is 147 Å². The van der Waals surface area contributed by atoms with Gasteiger partial charge in [0.05, 0.1) is 12.2 Å². The largest absolute Gasteiger partial charge is 0.389 e. The summed E-state index contributed by atoms with van der Waals surface area (Å²) in [6.45, 7) is 8.11. The van der Waals surface area contributed by atoms with E-state index in [1.807, 2.05) is 6.20 Å². The van der Waals surface area contributed by atoms with Gasteiger partial charge in [-0.15, -0.1) is 11.3 Å². The third kappa shape index (κ3) is 4.08. The zero-order valence-corrected chi connectivity index (χ0v) is 15.3. The minimum atomic E-state index is -1.02. The van der Waals surface area contributed by atoms with Crippen molar-refractivity contribution in [2.75, 3.05) is 37.6 Å². The highest BCUT2D eigenvalue weighted by Crippen LogP contribution is 2.31. The first-order valence-electron chi connectivity index (χ1n) is 8.91. The quantitative estimate of drug-likeness (QED) is 0.744. The van der Waals surface area contributed by atoms with Crippen molar-refractivity contribution >= 4 is 16.5 Å². The van der Waals surface area contributed by atoms with Gasteiger partial charge < -0.3 is 20.2 Å². The van der Waals surface area contributed by atoms with E-state index in [1.54, 1.807) is 11.3 Å². The molecule has 2 aliphatic rings. The Kier molecular flexibility index (Phi) is 5.77. The van der Waals surface area contributed by atoms with Crippen LogP contribution in [0.15, 0.2) is 6.20 Å². The number of rotatable bonds is 4. The molecule has 0 amide bonds. The van der Waals surface area contributed by atoms with Crippen molar-refractivity contribution in [2.45, 2.75) is 50.9 Å². The number of anilines is 1. The van der Waals surface area contributed by atoms with Gasteiger partial charge >= 0.3 is 0 Å². The first-order valence-corrected chi connectivity index (χ1v) is 9.73. The first kappa shape index (κ1) is 18.1. The van der Waals surface area contributed by atoms with Gasteiger partial charge in [-0.3, -0.25) is 4.90 Å². The van der Waals surface area contributed by atoms with Crippen LogP contribution in [-0.4, -0.2) is 76.2 Å². The summed E-state index contributed by atoms with van der Waals surface area (Å²) in [6, 6.07) is 0. The molecule has 2 fully saturated rings. The molecule has 3 heterocycles. The summed E-state index contributed by atoms with van der Waals surface area (Å²) >= 11 is 1.78. The maximum Gasteiger partial charge on any atom is 0.185 e. The van der Waals surface area contributed by atoms with Gasteiger partial charge in [0.25, 0.3) is 0 Å². The molecule has 3 rings (SSSR count). The number of nitrogens with zero attached hydrogens (tertiary/aromatic N) is 3. The zero-order valence-electron chi connectivity index (χ0n) is 14.5. The maximum atomic E-state index is 9.86. The maximum absolute atomic E-state index is 9.86. The Bertz CT molecular complexity index is 527. The number of aliphatic hydroxyl groups is 3. The van der Waals surface area contributed by atoms with Crippen molar-refractivity contribution in [2.24, 2.45) is 5.92 Å². The number of thiazole rings is 1. The summed E-state index contributed by atoms with van der Waals surface area (Å²) in [6.07, 6.45) is 1.55. The van der Waals surface area contributed by atoms with Gasteiger partial charge in [-0.1, -0.05) is 13.8 Å². The van der Waals surface area contributed by atoms with Crippen molar-refractivity contribution in [3.05, 3.63) is 11.1 Å². The molecule has 0 bridgehead atoms. The number of aromatic nitrogens is 1. The average Bonchev–Trinajstić information content (AvgIpc) is 3.03. The third-order valence-corrected chi connectivity index (χ3v) is 6.42. The van der Waals surface area contributed by atoms with E-state index in [-0.39, 0.29) is 0 Å². The van der Waals surface area contributed by atoms with E-state index in [2.05, 4.69) is 28.6 Å². The lowest BCUT2D eigenvalue weighted by Gasteiger charge is -2.40. The first-order chi connectivity index (χ1) is 11.4. The van der Waals surface area contributed by atoms with E-state index >= 15 is 0 Å². The third-order valence-electron chi connectivity index (χ3n) is 5.07. The predicted octanol–water partition coefficient (Wildman–Crippen LogP) is 0.881. The molecule has 0 spiro atoms. The van der Waals surface area contributed by atoms with Crippen LogP contribution >= 0.6 is 11.3 Å². The smallest absolute Gasteiger partial charge is 0.185 e. The zero-order chi connectivity index (χ0) is 17.3. The van der Waals surface area contributed by atoms with E-state index < -0.39 is 18.3 Å². The van der Waals surface area contributed by atoms with Crippen LogP contribution in [0.25, 0.3) is 0 Å². The topological polar surface area (TPSA) is 80.1 Å². The van der Waals surface area contributed by atoms with Crippen LogP contribution in [0.1, 0.15) is 37.5 Å². The SMILES string of the molecule is CC(C)c1cnc(N2CCC[C@H](CN3C[C@@H](O)[C@H](O)[C@@H](O)C3)C2)s1. The minimum Gasteiger partial charge on any atom is -0.389 e. The Hall–Kier alpha value is -0.730. The van der Waals surface area contributed by atoms with Gasteiger partial charge in [-0.25, -0.2) is 4.98 Å². The van der Waals surface area contributed by atoms with Gasteiger partial charge in [0.2, 0.25) is 0 Å². The number of hydrogen-bond acceptors (Lipinski definition) is 7. The van der Waals surface area contributed by atoms with E-state index in [9.17, 15) is 15.3 Å². The normalized spacial score (nSPS) is 32.5. The lowest BCUT2D eigenvalue weighted by molar-refractivity contribution is -0.112. The Morgan fingerprint density at radius 1 is 1.21 bits per heavy atom. The van der Waals surface area contributed by atoms with E-state index in [4.69, 9.17) is 0 Å². The fraction of sp³-hybridized carbons (Fsp3) is 0.824. The second kappa shape index (κ2) is 7.66. The molecular formula is C17H29N3O3S. The van der Waals surface area contributed by atoms with Gasteiger partial charge in [-0.05, 0) is 24.7 Å². The molecule has 7 heteroatoms. The highest BCUT2D eigenvalue weighted by atomic mass is 32.1. The van der Waals surface area contributed by atoms with E-state index in [0.717, 1.165) is 37.6 Å². The molecule has 1 aromatic rings. The number of piperidine rings is 2. The van der Waals surface area contributed by atoms with Crippen LogP contribution in [0.3, 0.4) is 0 Å². The summed E-state index contributed by atoms with van der Waals surface area (Å²) in [5, 5.41) is 30.5. The van der Waals surface area contributed by atoms with Gasteiger partial charge in [0, 0.05) is 43.8 Å². The lowest BCUT2D eigenvalue weighted by atomic mass is 9.95. The van der Waals surface area contributed by atoms with Crippen LogP contribution in [0, 0.1) is 5.92 Å². The fourth-order valence-electron chi connectivity index (χ4n) is 3.67. The monoisotopic (exact) mass is 355 g/mol. The summed E-state index contributed by atoms with van der Waals surface area (Å²) < 4.78 is 0. The molecule has 3 N–H and O–H groups in total. The molecule has 24 heavy (non-hydrogen) atoms. The fourth-order valence-corrected chi connectivity index (χ4v) is 4.62. The minimum absolute atomic E-state index is 0.434. The number of likely N-dealkylation sites (tertiary alicyclic amines) is 1. The molecule has 0 radical (unpaired) electrons. The molecule has 1 aromatic heterocycles. The molecule has 2 aliphatic heterocycles. The van der Waals surface area contributed by atoms with Crippen LogP contribution in [0.5, 0.6) is 0 Å². The molecule has 136 valence electrons. The van der Waals surface area contributed by atoms with Gasteiger partial charge in [-0.2, -0.15) is 0 Å². The average molecular weight is 356 g/mol. The number of aliphatic hydroxyl groups excluding tert-OH is 3. The van der Waals surface area contributed by atoms with Crippen molar-refractivity contribution in [3.8, 4) is 0 Å². The van der Waals surface area contributed by atoms with E-state index in [0.29, 0.717) is 24.9 Å². The highest BCUT2D eigenvalue weighted by molar-refractivity contribution is 7.15. The summed E-state index contributed by atoms with van der Waals surface area (Å²) in [5.41, 5.74) is 0. The van der Waals surface area contributed by atoms with Crippen molar-refractivity contribution in [1.29, 1.82) is 0 Å². The second-order valence-electron chi connectivity index (χ2n) is 7.50. The van der Waals surface area contributed by atoms with Crippen molar-refractivity contribution in [3.63, 3.8) is 0 Å². The van der Waals surface area contributed by atoms with Gasteiger partial charge in [0.1, 0.15) is 6.10 Å². The number of β-amino-alcohol motifs (C(OH)–C–C–N with tert-alkyl or cyclic N) is 2. The Morgan fingerprint density at radius 2 is 1.92 bits per heavy atom. The summed E-state index contributed by atoms with van der Waals surface area (Å²) in [7, 11) is 0. The molecule has 0 unspecified atom stereocenters. The van der Waals surface area contributed by atoms with Crippen LogP contribution < -0.4 is 4.90 Å². The highest BCUT2D eigenvalue weighted by Gasteiger charge is 2.34. The molecule has 2 saturated heterocycles. The van der Waals surface area contributed by atoms with E-state index in [1.165, 1.54) is 4.88 Å². The summed E-state index contributed by atoms with van der Waals surface area (Å²) in [4.78, 5) is 10.4. The van der Waals surface area contributed by atoms with Crippen LogP contribution in [0.4, 0.5) is 5.13 Å². The number of hydrogen-bond donors (Lipinski definition) is 3. The molecule has 0 aromatic carbocycles. The molecule has 6 nitrogen and oxygen atoms in total. The van der Waals surface area contributed by atoms with Crippen molar-refractivity contribution < 1.29 is 15.3 Å². The van der Waals surface area contributed by atoms with Gasteiger partial charge in [0.15, 0.2) is 5.13 Å². The lowest BCUT2D eigenvalue weighted by Crippen LogP contribution is -2.56. The van der Waals surface area contributed by atoms with Crippen LogP contribution in [-0.2, 0) is 0 Å². The molecule has 4 atom stereocenters.